The number of ether oxygens (including phenoxy) is 1. The SMILES string of the molecule is COCc1cc(Cl)c(F)c(-c2cc(C(=O)O)[nH]n2)c1. The number of carboxylic acids is 1. The van der Waals surface area contributed by atoms with Crippen LogP contribution in [-0.4, -0.2) is 28.4 Å². The van der Waals surface area contributed by atoms with Crippen LogP contribution in [0.15, 0.2) is 18.2 Å². The summed E-state index contributed by atoms with van der Waals surface area (Å²) in [5.41, 5.74) is 0.851. The number of benzene rings is 1. The van der Waals surface area contributed by atoms with Crippen molar-refractivity contribution in [2.75, 3.05) is 7.11 Å². The molecule has 0 unspecified atom stereocenters. The van der Waals surface area contributed by atoms with Crippen LogP contribution in [0.2, 0.25) is 5.02 Å². The fourth-order valence-electron chi connectivity index (χ4n) is 1.65. The van der Waals surface area contributed by atoms with Crippen molar-refractivity contribution in [2.45, 2.75) is 6.61 Å². The van der Waals surface area contributed by atoms with Crippen LogP contribution in [0.4, 0.5) is 4.39 Å². The largest absolute Gasteiger partial charge is 0.477 e. The average Bonchev–Trinajstić information content (AvgIpc) is 2.83. The molecule has 0 aliphatic carbocycles. The van der Waals surface area contributed by atoms with E-state index in [9.17, 15) is 9.18 Å². The maximum absolute atomic E-state index is 13.9. The first-order valence-corrected chi connectivity index (χ1v) is 5.66. The fourth-order valence-corrected chi connectivity index (χ4v) is 1.89. The summed E-state index contributed by atoms with van der Waals surface area (Å²) in [5, 5.41) is 14.8. The molecule has 0 radical (unpaired) electrons. The van der Waals surface area contributed by atoms with Crippen molar-refractivity contribution in [3.05, 3.63) is 40.3 Å². The van der Waals surface area contributed by atoms with Crippen LogP contribution < -0.4 is 0 Å². The van der Waals surface area contributed by atoms with Gasteiger partial charge in [0.05, 0.1) is 17.3 Å². The molecule has 1 aromatic heterocycles. The number of nitrogens with zero attached hydrogens (tertiary/aromatic N) is 1. The Morgan fingerprint density at radius 1 is 1.53 bits per heavy atom. The third kappa shape index (κ3) is 2.74. The van der Waals surface area contributed by atoms with E-state index in [1.165, 1.54) is 25.3 Å². The van der Waals surface area contributed by atoms with E-state index in [1.54, 1.807) is 0 Å². The van der Waals surface area contributed by atoms with Gasteiger partial charge in [-0.2, -0.15) is 5.10 Å². The fraction of sp³-hybridized carbons (Fsp3) is 0.167. The van der Waals surface area contributed by atoms with Gasteiger partial charge in [0.1, 0.15) is 5.69 Å². The highest BCUT2D eigenvalue weighted by molar-refractivity contribution is 6.31. The second kappa shape index (κ2) is 5.38. The van der Waals surface area contributed by atoms with E-state index >= 15 is 0 Å². The van der Waals surface area contributed by atoms with E-state index in [-0.39, 0.29) is 28.6 Å². The molecule has 100 valence electrons. The Bertz CT molecular complexity index is 627. The van der Waals surface area contributed by atoms with E-state index in [1.807, 2.05) is 0 Å². The second-order valence-corrected chi connectivity index (χ2v) is 4.25. The highest BCUT2D eigenvalue weighted by Crippen LogP contribution is 2.29. The van der Waals surface area contributed by atoms with Gasteiger partial charge in [-0.15, -0.1) is 0 Å². The number of carboxylic acid groups (broad SMARTS) is 1. The zero-order valence-corrected chi connectivity index (χ0v) is 10.7. The zero-order chi connectivity index (χ0) is 14.0. The van der Waals surface area contributed by atoms with E-state index in [0.29, 0.717) is 5.56 Å². The molecule has 0 bridgehead atoms. The van der Waals surface area contributed by atoms with Crippen LogP contribution in [0.5, 0.6) is 0 Å². The highest BCUT2D eigenvalue weighted by Gasteiger charge is 2.16. The molecule has 0 saturated heterocycles. The lowest BCUT2D eigenvalue weighted by atomic mass is 10.1. The number of halogens is 2. The summed E-state index contributed by atoms with van der Waals surface area (Å²) in [7, 11) is 1.51. The molecule has 1 aromatic carbocycles. The maximum Gasteiger partial charge on any atom is 0.353 e. The number of aromatic nitrogens is 2. The Morgan fingerprint density at radius 2 is 2.26 bits per heavy atom. The molecule has 0 saturated carbocycles. The minimum Gasteiger partial charge on any atom is -0.477 e. The van der Waals surface area contributed by atoms with Crippen molar-refractivity contribution in [1.82, 2.24) is 10.2 Å². The van der Waals surface area contributed by atoms with Gasteiger partial charge in [-0.1, -0.05) is 11.6 Å². The number of nitrogens with one attached hydrogen (secondary N) is 1. The molecule has 0 aliphatic heterocycles. The maximum atomic E-state index is 13.9. The van der Waals surface area contributed by atoms with Gasteiger partial charge in [-0.3, -0.25) is 5.10 Å². The average molecular weight is 285 g/mol. The molecule has 5 nitrogen and oxygen atoms in total. The Hall–Kier alpha value is -1.92. The quantitative estimate of drug-likeness (QED) is 0.905. The minimum atomic E-state index is -1.17. The normalized spacial score (nSPS) is 10.7. The van der Waals surface area contributed by atoms with E-state index in [4.69, 9.17) is 21.4 Å². The van der Waals surface area contributed by atoms with Gasteiger partial charge in [0.15, 0.2) is 5.82 Å². The third-order valence-electron chi connectivity index (χ3n) is 2.48. The number of hydrogen-bond acceptors (Lipinski definition) is 3. The Kier molecular flexibility index (Phi) is 3.82. The summed E-state index contributed by atoms with van der Waals surface area (Å²) in [5.74, 6) is -1.82. The Morgan fingerprint density at radius 3 is 2.84 bits per heavy atom. The number of hydrogen-bond donors (Lipinski definition) is 2. The van der Waals surface area contributed by atoms with E-state index in [0.717, 1.165) is 0 Å². The molecular formula is C12H10ClFN2O3. The van der Waals surface area contributed by atoms with Crippen LogP contribution in [0.3, 0.4) is 0 Å². The molecule has 0 spiro atoms. The molecule has 7 heteroatoms. The molecule has 0 fully saturated rings. The Balaban J connectivity index is 2.50. The number of aromatic carboxylic acids is 1. The van der Waals surface area contributed by atoms with Crippen LogP contribution in [-0.2, 0) is 11.3 Å². The predicted octanol–water partition coefficient (Wildman–Crippen LogP) is 2.71. The van der Waals surface area contributed by atoms with Crippen LogP contribution in [0, 0.1) is 5.82 Å². The van der Waals surface area contributed by atoms with Gasteiger partial charge < -0.3 is 9.84 Å². The highest BCUT2D eigenvalue weighted by atomic mass is 35.5. The van der Waals surface area contributed by atoms with Gasteiger partial charge >= 0.3 is 5.97 Å². The molecule has 2 rings (SSSR count). The minimum absolute atomic E-state index is 0.0653. The first kappa shape index (κ1) is 13.5. The van der Waals surface area contributed by atoms with Crippen molar-refractivity contribution in [3.63, 3.8) is 0 Å². The van der Waals surface area contributed by atoms with Gasteiger partial charge in [0, 0.05) is 12.7 Å². The number of carbonyl (C=O) groups is 1. The van der Waals surface area contributed by atoms with Crippen molar-refractivity contribution >= 4 is 17.6 Å². The smallest absolute Gasteiger partial charge is 0.353 e. The number of rotatable bonds is 4. The Labute approximate surface area is 113 Å². The topological polar surface area (TPSA) is 75.2 Å². The molecule has 0 amide bonds. The van der Waals surface area contributed by atoms with Gasteiger partial charge in [-0.05, 0) is 23.8 Å². The van der Waals surface area contributed by atoms with Gasteiger partial charge in [0.2, 0.25) is 0 Å². The van der Waals surface area contributed by atoms with Gasteiger partial charge in [-0.25, -0.2) is 9.18 Å². The van der Waals surface area contributed by atoms with Crippen molar-refractivity contribution < 1.29 is 19.0 Å². The van der Waals surface area contributed by atoms with E-state index in [2.05, 4.69) is 10.2 Å². The van der Waals surface area contributed by atoms with Crippen molar-refractivity contribution in [1.29, 1.82) is 0 Å². The molecule has 19 heavy (non-hydrogen) atoms. The zero-order valence-electron chi connectivity index (χ0n) is 9.91. The first-order chi connectivity index (χ1) is 9.02. The summed E-state index contributed by atoms with van der Waals surface area (Å²) in [6, 6.07) is 4.22. The molecule has 1 heterocycles. The van der Waals surface area contributed by atoms with Crippen molar-refractivity contribution in [3.8, 4) is 11.3 Å². The third-order valence-corrected chi connectivity index (χ3v) is 2.76. The lowest BCUT2D eigenvalue weighted by Crippen LogP contribution is -1.95. The molecular weight excluding hydrogens is 275 g/mol. The predicted molar refractivity (Wildman–Crippen MR) is 66.7 cm³/mol. The number of H-pyrrole nitrogens is 1. The number of methoxy groups -OCH3 is 1. The van der Waals surface area contributed by atoms with Crippen LogP contribution in [0.1, 0.15) is 16.1 Å². The summed E-state index contributed by atoms with van der Waals surface area (Å²) >= 11 is 5.79. The molecule has 2 aromatic rings. The van der Waals surface area contributed by atoms with Crippen molar-refractivity contribution in [2.24, 2.45) is 0 Å². The summed E-state index contributed by atoms with van der Waals surface area (Å²) in [6.45, 7) is 0.267. The summed E-state index contributed by atoms with van der Waals surface area (Å²) in [4.78, 5) is 10.8. The van der Waals surface area contributed by atoms with Gasteiger partial charge in [0.25, 0.3) is 0 Å². The summed E-state index contributed by atoms with van der Waals surface area (Å²) < 4.78 is 18.9. The first-order valence-electron chi connectivity index (χ1n) is 5.29. The lowest BCUT2D eigenvalue weighted by molar-refractivity contribution is 0.0690. The van der Waals surface area contributed by atoms with Crippen LogP contribution in [0.25, 0.3) is 11.3 Å². The lowest BCUT2D eigenvalue weighted by Gasteiger charge is -2.06. The molecule has 0 aliphatic rings. The molecule has 2 N–H and O–H groups in total. The summed E-state index contributed by atoms with van der Waals surface area (Å²) in [6.07, 6.45) is 0. The van der Waals surface area contributed by atoms with E-state index < -0.39 is 11.8 Å². The van der Waals surface area contributed by atoms with Crippen LogP contribution >= 0.6 is 11.6 Å². The second-order valence-electron chi connectivity index (χ2n) is 3.84. The monoisotopic (exact) mass is 284 g/mol. The number of aromatic amines is 1. The molecule has 0 atom stereocenters. The standard InChI is InChI=1S/C12H10ClFN2O3/c1-19-5-6-2-7(11(14)8(13)3-6)9-4-10(12(17)18)16-15-9/h2-4H,5H2,1H3,(H,15,16)(H,17,18).